The van der Waals surface area contributed by atoms with Crippen LogP contribution in [-0.4, -0.2) is 9.97 Å². The van der Waals surface area contributed by atoms with Gasteiger partial charge in [-0.25, -0.2) is 9.97 Å². The quantitative estimate of drug-likeness (QED) is 0.694. The summed E-state index contributed by atoms with van der Waals surface area (Å²) in [5.41, 5.74) is 3.09. The molecule has 2 heterocycles. The summed E-state index contributed by atoms with van der Waals surface area (Å²) in [5.74, 6) is 0. The van der Waals surface area contributed by atoms with Gasteiger partial charge in [0.15, 0.2) is 0 Å². The van der Waals surface area contributed by atoms with Crippen LogP contribution < -0.4 is 0 Å². The lowest BCUT2D eigenvalue weighted by Gasteiger charge is -2.01. The molecule has 0 aromatic carbocycles. The highest BCUT2D eigenvalue weighted by molar-refractivity contribution is 7.10. The van der Waals surface area contributed by atoms with Crippen LogP contribution in [0.1, 0.15) is 10.4 Å². The number of aromatic nitrogens is 2. The van der Waals surface area contributed by atoms with Crippen molar-refractivity contribution in [3.63, 3.8) is 0 Å². The molecule has 72 valence electrons. The molecule has 0 bridgehead atoms. The van der Waals surface area contributed by atoms with Crippen molar-refractivity contribution in [3.05, 3.63) is 33.4 Å². The summed E-state index contributed by atoms with van der Waals surface area (Å²) in [7, 11) is 0. The Labute approximate surface area is 91.6 Å². The molecule has 0 saturated carbocycles. The minimum absolute atomic E-state index is 0.300. The number of halogens is 1. The van der Waals surface area contributed by atoms with Crippen molar-refractivity contribution in [1.29, 1.82) is 0 Å². The molecule has 0 aliphatic rings. The van der Waals surface area contributed by atoms with Gasteiger partial charge in [-0.05, 0) is 37.1 Å². The third kappa shape index (κ3) is 1.79. The second kappa shape index (κ2) is 3.67. The lowest BCUT2D eigenvalue weighted by atomic mass is 10.1. The Morgan fingerprint density at radius 3 is 2.79 bits per heavy atom. The van der Waals surface area contributed by atoms with Crippen molar-refractivity contribution in [2.75, 3.05) is 0 Å². The number of aryl methyl sites for hydroxylation is 2. The van der Waals surface area contributed by atoms with Crippen LogP contribution in [0.15, 0.2) is 17.6 Å². The van der Waals surface area contributed by atoms with Crippen molar-refractivity contribution < 1.29 is 0 Å². The molecule has 2 nitrogen and oxygen atoms in total. The number of nitrogens with zero attached hydrogens (tertiary/aromatic N) is 2. The van der Waals surface area contributed by atoms with E-state index < -0.39 is 0 Å². The van der Waals surface area contributed by atoms with Crippen LogP contribution in [0.5, 0.6) is 0 Å². The molecule has 0 spiro atoms. The van der Waals surface area contributed by atoms with Crippen LogP contribution >= 0.6 is 22.9 Å². The first kappa shape index (κ1) is 9.62. The molecule has 0 atom stereocenters. The van der Waals surface area contributed by atoms with Crippen LogP contribution in [0.4, 0.5) is 0 Å². The Bertz CT molecular complexity index is 465. The van der Waals surface area contributed by atoms with E-state index >= 15 is 0 Å². The lowest BCUT2D eigenvalue weighted by Crippen LogP contribution is -1.89. The first-order chi connectivity index (χ1) is 6.66. The first-order valence-corrected chi connectivity index (χ1v) is 5.47. The van der Waals surface area contributed by atoms with Crippen molar-refractivity contribution >= 4 is 22.9 Å². The molecule has 2 aromatic heterocycles. The van der Waals surface area contributed by atoms with E-state index in [1.54, 1.807) is 17.5 Å². The maximum atomic E-state index is 5.75. The molecule has 0 saturated heterocycles. The van der Waals surface area contributed by atoms with Gasteiger partial charge in [-0.2, -0.15) is 0 Å². The van der Waals surface area contributed by atoms with Gasteiger partial charge in [-0.1, -0.05) is 0 Å². The van der Waals surface area contributed by atoms with Gasteiger partial charge in [0.25, 0.3) is 0 Å². The molecule has 2 rings (SSSR count). The largest absolute Gasteiger partial charge is 0.226 e. The van der Waals surface area contributed by atoms with Gasteiger partial charge < -0.3 is 0 Å². The molecule has 0 aliphatic heterocycles. The smallest absolute Gasteiger partial charge is 0.222 e. The fourth-order valence-corrected chi connectivity index (χ4v) is 2.10. The van der Waals surface area contributed by atoms with Gasteiger partial charge in [0.05, 0.1) is 5.69 Å². The zero-order valence-corrected chi connectivity index (χ0v) is 9.49. The third-order valence-electron chi connectivity index (χ3n) is 1.95. The minimum atomic E-state index is 0.300. The van der Waals surface area contributed by atoms with Crippen LogP contribution in [0.3, 0.4) is 0 Å². The Morgan fingerprint density at radius 1 is 1.36 bits per heavy atom. The van der Waals surface area contributed by atoms with Gasteiger partial charge in [0.2, 0.25) is 5.28 Å². The highest BCUT2D eigenvalue weighted by atomic mass is 35.5. The highest BCUT2D eigenvalue weighted by Crippen LogP contribution is 2.26. The van der Waals surface area contributed by atoms with E-state index in [-0.39, 0.29) is 0 Å². The molecule has 0 aliphatic carbocycles. The molecule has 4 heteroatoms. The second-order valence-corrected chi connectivity index (χ2v) is 4.57. The molecular formula is C10H9ClN2S. The Morgan fingerprint density at radius 2 is 2.14 bits per heavy atom. The van der Waals surface area contributed by atoms with E-state index in [1.165, 1.54) is 4.88 Å². The van der Waals surface area contributed by atoms with Crippen LogP contribution in [-0.2, 0) is 0 Å². The summed E-state index contributed by atoms with van der Waals surface area (Å²) in [5, 5.41) is 2.38. The number of hydrogen-bond donors (Lipinski definition) is 0. The van der Waals surface area contributed by atoms with E-state index in [1.807, 2.05) is 6.92 Å². The van der Waals surface area contributed by atoms with E-state index in [9.17, 15) is 0 Å². The van der Waals surface area contributed by atoms with Crippen molar-refractivity contribution in [2.24, 2.45) is 0 Å². The maximum Gasteiger partial charge on any atom is 0.222 e. The van der Waals surface area contributed by atoms with E-state index in [0.717, 1.165) is 16.8 Å². The normalized spacial score (nSPS) is 10.5. The zero-order chi connectivity index (χ0) is 10.1. The number of hydrogen-bond acceptors (Lipinski definition) is 3. The van der Waals surface area contributed by atoms with Gasteiger partial charge in [0.1, 0.15) is 0 Å². The molecule has 0 unspecified atom stereocenters. The average molecular weight is 225 g/mol. The van der Waals surface area contributed by atoms with Gasteiger partial charge in [-0.3, -0.25) is 0 Å². The summed E-state index contributed by atoms with van der Waals surface area (Å²) in [6.07, 6.45) is 1.75. The van der Waals surface area contributed by atoms with E-state index in [4.69, 9.17) is 11.6 Å². The molecule has 2 aromatic rings. The molecule has 0 amide bonds. The monoisotopic (exact) mass is 224 g/mol. The number of rotatable bonds is 1. The average Bonchev–Trinajstić information content (AvgIpc) is 2.56. The van der Waals surface area contributed by atoms with Crippen LogP contribution in [0.25, 0.3) is 11.3 Å². The SMILES string of the molecule is Cc1cc(-c2nc(Cl)ncc2C)cs1. The minimum Gasteiger partial charge on any atom is -0.226 e. The van der Waals surface area contributed by atoms with Crippen molar-refractivity contribution in [1.82, 2.24) is 9.97 Å². The van der Waals surface area contributed by atoms with Gasteiger partial charge >= 0.3 is 0 Å². The summed E-state index contributed by atoms with van der Waals surface area (Å²) < 4.78 is 0. The fraction of sp³-hybridized carbons (Fsp3) is 0.200. The summed E-state index contributed by atoms with van der Waals surface area (Å²) in [4.78, 5) is 9.42. The summed E-state index contributed by atoms with van der Waals surface area (Å²) in [6.45, 7) is 4.06. The number of thiophene rings is 1. The maximum absolute atomic E-state index is 5.75. The fourth-order valence-electron chi connectivity index (χ4n) is 1.28. The standard InChI is InChI=1S/C10H9ClN2S/c1-6-4-12-10(11)13-9(6)8-3-7(2)14-5-8/h3-5H,1-2H3. The molecule has 0 N–H and O–H groups in total. The summed E-state index contributed by atoms with van der Waals surface area (Å²) in [6, 6.07) is 2.11. The first-order valence-electron chi connectivity index (χ1n) is 4.21. The van der Waals surface area contributed by atoms with Crippen molar-refractivity contribution in [3.8, 4) is 11.3 Å². The van der Waals surface area contributed by atoms with Crippen LogP contribution in [0.2, 0.25) is 5.28 Å². The molecular weight excluding hydrogens is 216 g/mol. The van der Waals surface area contributed by atoms with E-state index in [2.05, 4.69) is 28.3 Å². The predicted octanol–water partition coefficient (Wildman–Crippen LogP) is 3.48. The van der Waals surface area contributed by atoms with Crippen LogP contribution in [0, 0.1) is 13.8 Å². The van der Waals surface area contributed by atoms with Gasteiger partial charge in [-0.15, -0.1) is 11.3 Å². The Hall–Kier alpha value is -0.930. The zero-order valence-electron chi connectivity index (χ0n) is 7.91. The second-order valence-electron chi connectivity index (χ2n) is 3.12. The van der Waals surface area contributed by atoms with E-state index in [0.29, 0.717) is 5.28 Å². The van der Waals surface area contributed by atoms with Crippen molar-refractivity contribution in [2.45, 2.75) is 13.8 Å². The Kier molecular flexibility index (Phi) is 2.52. The highest BCUT2D eigenvalue weighted by Gasteiger charge is 2.06. The topological polar surface area (TPSA) is 25.8 Å². The molecule has 0 fully saturated rings. The van der Waals surface area contributed by atoms with Gasteiger partial charge in [0, 0.05) is 22.0 Å². The predicted molar refractivity (Wildman–Crippen MR) is 59.8 cm³/mol. The molecule has 14 heavy (non-hydrogen) atoms. The molecule has 0 radical (unpaired) electrons. The Balaban J connectivity index is 2.55. The lowest BCUT2D eigenvalue weighted by molar-refractivity contribution is 1.14. The third-order valence-corrected chi connectivity index (χ3v) is 2.99. The summed E-state index contributed by atoms with van der Waals surface area (Å²) >= 11 is 7.47.